The maximum atomic E-state index is 12.5. The number of hydrogen-bond acceptors (Lipinski definition) is 6. The lowest BCUT2D eigenvalue weighted by atomic mass is 9.87. The van der Waals surface area contributed by atoms with Crippen molar-refractivity contribution in [2.24, 2.45) is 0 Å². The predicted octanol–water partition coefficient (Wildman–Crippen LogP) is 3.31. The van der Waals surface area contributed by atoms with E-state index in [1.54, 1.807) is 0 Å². The molecule has 2 N–H and O–H groups in total. The molecule has 0 bridgehead atoms. The number of carbonyl (C=O) groups excluding carboxylic acids is 1. The quantitative estimate of drug-likeness (QED) is 0.840. The van der Waals surface area contributed by atoms with Gasteiger partial charge in [-0.1, -0.05) is 23.7 Å². The van der Waals surface area contributed by atoms with Gasteiger partial charge in [0.2, 0.25) is 11.6 Å². The van der Waals surface area contributed by atoms with Gasteiger partial charge in [0.05, 0.1) is 6.04 Å². The first-order valence-electron chi connectivity index (χ1n) is 7.10. The molecule has 0 amide bonds. The Kier molecular flexibility index (Phi) is 3.11. The molecule has 6 nitrogen and oxygen atoms in total. The van der Waals surface area contributed by atoms with E-state index in [-0.39, 0.29) is 11.8 Å². The van der Waals surface area contributed by atoms with Gasteiger partial charge >= 0.3 is 0 Å². The van der Waals surface area contributed by atoms with Crippen LogP contribution in [0.3, 0.4) is 0 Å². The fraction of sp³-hybridized carbons (Fsp3) is 0.267. The lowest BCUT2D eigenvalue weighted by Gasteiger charge is -2.24. The zero-order valence-corrected chi connectivity index (χ0v) is 12.4. The lowest BCUT2D eigenvalue weighted by molar-refractivity contribution is -0.116. The van der Waals surface area contributed by atoms with E-state index in [4.69, 9.17) is 16.2 Å². The van der Waals surface area contributed by atoms with E-state index in [9.17, 15) is 4.79 Å². The Bertz CT molecular complexity index is 766. The van der Waals surface area contributed by atoms with Crippen LogP contribution in [0.1, 0.15) is 30.9 Å². The van der Waals surface area contributed by atoms with Crippen molar-refractivity contribution in [1.29, 1.82) is 0 Å². The number of Topliss-reactive ketones (excluding diaryl/α,β-unsaturated/α-hetero) is 1. The Morgan fingerprint density at radius 3 is 2.73 bits per heavy atom. The van der Waals surface area contributed by atoms with Crippen LogP contribution in [0.15, 0.2) is 40.2 Å². The second-order valence-electron chi connectivity index (χ2n) is 5.38. The highest BCUT2D eigenvalue weighted by molar-refractivity contribution is 6.30. The number of anilines is 2. The van der Waals surface area contributed by atoms with Gasteiger partial charge in [0.15, 0.2) is 5.78 Å². The zero-order valence-electron chi connectivity index (χ0n) is 11.6. The van der Waals surface area contributed by atoms with Crippen molar-refractivity contribution in [2.75, 3.05) is 10.6 Å². The summed E-state index contributed by atoms with van der Waals surface area (Å²) in [6.45, 7) is 0. The molecule has 1 aliphatic heterocycles. The van der Waals surface area contributed by atoms with Crippen LogP contribution in [0.25, 0.3) is 0 Å². The van der Waals surface area contributed by atoms with E-state index in [1.165, 1.54) is 0 Å². The molecule has 0 unspecified atom stereocenters. The van der Waals surface area contributed by atoms with Crippen LogP contribution in [0.5, 0.6) is 0 Å². The van der Waals surface area contributed by atoms with Crippen molar-refractivity contribution >= 4 is 29.0 Å². The molecule has 0 fully saturated rings. The van der Waals surface area contributed by atoms with Crippen molar-refractivity contribution in [2.45, 2.75) is 25.3 Å². The highest BCUT2D eigenvalue weighted by Gasteiger charge is 2.33. The minimum atomic E-state index is -0.291. The van der Waals surface area contributed by atoms with Gasteiger partial charge in [0, 0.05) is 22.7 Å². The first kappa shape index (κ1) is 13.3. The van der Waals surface area contributed by atoms with Gasteiger partial charge in [-0.05, 0) is 40.9 Å². The van der Waals surface area contributed by atoms with Gasteiger partial charge in [0.25, 0.3) is 0 Å². The Morgan fingerprint density at radius 2 is 1.91 bits per heavy atom. The summed E-state index contributed by atoms with van der Waals surface area (Å²) in [6.07, 6.45) is 2.19. The number of benzene rings is 1. The van der Waals surface area contributed by atoms with Crippen LogP contribution in [-0.2, 0) is 4.79 Å². The van der Waals surface area contributed by atoms with Gasteiger partial charge in [-0.3, -0.25) is 4.79 Å². The summed E-state index contributed by atoms with van der Waals surface area (Å²) in [5, 5.41) is 14.8. The predicted molar refractivity (Wildman–Crippen MR) is 81.6 cm³/mol. The highest BCUT2D eigenvalue weighted by atomic mass is 35.5. The summed E-state index contributed by atoms with van der Waals surface area (Å²) in [6, 6.07) is 7.15. The number of nitrogens with zero attached hydrogens (tertiary/aromatic N) is 2. The molecule has 7 heteroatoms. The molecule has 1 aromatic carbocycles. The summed E-state index contributed by atoms with van der Waals surface area (Å²) in [7, 11) is 0. The summed E-state index contributed by atoms with van der Waals surface area (Å²) >= 11 is 5.96. The van der Waals surface area contributed by atoms with Gasteiger partial charge in [-0.25, -0.2) is 4.63 Å². The maximum Gasteiger partial charge on any atom is 0.219 e. The first-order chi connectivity index (χ1) is 10.7. The zero-order chi connectivity index (χ0) is 15.1. The van der Waals surface area contributed by atoms with Crippen LogP contribution >= 0.6 is 11.6 Å². The molecule has 1 aliphatic carbocycles. The second kappa shape index (κ2) is 5.14. The molecular formula is C15H13ClN4O2. The number of allylic oxidation sites excluding steroid dienone is 1. The molecule has 4 rings (SSSR count). The molecule has 0 radical (unpaired) electrons. The lowest BCUT2D eigenvalue weighted by Crippen LogP contribution is -2.23. The summed E-state index contributed by atoms with van der Waals surface area (Å²) in [5.41, 5.74) is 2.58. The molecule has 2 heterocycles. The van der Waals surface area contributed by atoms with Crippen LogP contribution in [-0.4, -0.2) is 16.1 Å². The van der Waals surface area contributed by atoms with E-state index in [2.05, 4.69) is 20.9 Å². The average Bonchev–Trinajstić information content (AvgIpc) is 2.87. The SMILES string of the molecule is O=C1CCCC2=C1[C@@H](c1ccc(Cl)cc1)Nc1nonc1N2. The maximum absolute atomic E-state index is 12.5. The fourth-order valence-corrected chi connectivity index (χ4v) is 3.08. The first-order valence-corrected chi connectivity index (χ1v) is 7.48. The normalized spacial score (nSPS) is 20.6. The smallest absolute Gasteiger partial charge is 0.219 e. The molecule has 112 valence electrons. The van der Waals surface area contributed by atoms with Crippen LogP contribution in [0.2, 0.25) is 5.02 Å². The molecule has 0 spiro atoms. The number of rotatable bonds is 1. The minimum Gasteiger partial charge on any atom is -0.353 e. The molecule has 1 atom stereocenters. The highest BCUT2D eigenvalue weighted by Crippen LogP contribution is 2.39. The summed E-state index contributed by atoms with van der Waals surface area (Å²) < 4.78 is 4.78. The molecule has 1 aromatic heterocycles. The van der Waals surface area contributed by atoms with Crippen molar-refractivity contribution < 1.29 is 9.42 Å². The number of aromatic nitrogens is 2. The van der Waals surface area contributed by atoms with Gasteiger partial charge in [0.1, 0.15) is 0 Å². The summed E-state index contributed by atoms with van der Waals surface area (Å²) in [5.74, 6) is 1.16. The number of hydrogen-bond donors (Lipinski definition) is 2. The molecule has 2 aliphatic rings. The van der Waals surface area contributed by atoms with E-state index in [1.807, 2.05) is 24.3 Å². The molecular weight excluding hydrogens is 304 g/mol. The monoisotopic (exact) mass is 316 g/mol. The summed E-state index contributed by atoms with van der Waals surface area (Å²) in [4.78, 5) is 12.5. The number of ketones is 1. The van der Waals surface area contributed by atoms with Gasteiger partial charge in [-0.15, -0.1) is 0 Å². The number of nitrogens with one attached hydrogen (secondary N) is 2. The topological polar surface area (TPSA) is 80.1 Å². The standard InChI is InChI=1S/C15H13ClN4O2/c16-9-6-4-8(5-7-9)13-12-10(2-1-3-11(12)21)17-14-15(18-13)20-22-19-14/h4-7,13H,1-3H2,(H,17,19)(H,18,20)/t13-/m1/s1. The van der Waals surface area contributed by atoms with E-state index in [0.29, 0.717) is 23.1 Å². The molecule has 0 saturated carbocycles. The minimum absolute atomic E-state index is 0.142. The van der Waals surface area contributed by atoms with Crippen LogP contribution in [0, 0.1) is 0 Å². The average molecular weight is 317 g/mol. The van der Waals surface area contributed by atoms with E-state index >= 15 is 0 Å². The number of carbonyl (C=O) groups is 1. The van der Waals surface area contributed by atoms with Crippen molar-refractivity contribution in [3.63, 3.8) is 0 Å². The number of halogens is 1. The van der Waals surface area contributed by atoms with Crippen molar-refractivity contribution in [1.82, 2.24) is 10.3 Å². The third-order valence-corrected chi connectivity index (χ3v) is 4.24. The largest absolute Gasteiger partial charge is 0.353 e. The third kappa shape index (κ3) is 2.16. The van der Waals surface area contributed by atoms with E-state index in [0.717, 1.165) is 29.7 Å². The number of fused-ring (bicyclic) bond motifs is 1. The molecule has 0 saturated heterocycles. The Morgan fingerprint density at radius 1 is 1.14 bits per heavy atom. The fourth-order valence-electron chi connectivity index (χ4n) is 2.95. The van der Waals surface area contributed by atoms with Gasteiger partial charge < -0.3 is 10.6 Å². The van der Waals surface area contributed by atoms with Crippen LogP contribution in [0.4, 0.5) is 11.6 Å². The molecule has 2 aromatic rings. The third-order valence-electron chi connectivity index (χ3n) is 3.99. The molecule has 22 heavy (non-hydrogen) atoms. The Hall–Kier alpha value is -2.34. The van der Waals surface area contributed by atoms with Crippen molar-refractivity contribution in [3.05, 3.63) is 46.1 Å². The Balaban J connectivity index is 1.85. The Labute approximate surface area is 131 Å². The second-order valence-corrected chi connectivity index (χ2v) is 5.82. The van der Waals surface area contributed by atoms with Crippen molar-refractivity contribution in [3.8, 4) is 0 Å². The van der Waals surface area contributed by atoms with Crippen LogP contribution < -0.4 is 10.6 Å². The van der Waals surface area contributed by atoms with E-state index < -0.39 is 0 Å². The van der Waals surface area contributed by atoms with Gasteiger partial charge in [-0.2, -0.15) is 0 Å².